The Morgan fingerprint density at radius 1 is 1.21 bits per heavy atom. The topological polar surface area (TPSA) is 67.4 Å². The average Bonchev–Trinajstić information content (AvgIpc) is 3.21. The number of methoxy groups -OCH3 is 1. The van der Waals surface area contributed by atoms with Gasteiger partial charge in [0.1, 0.15) is 11.2 Å². The standard InChI is InChI=1S/C18H16BrCl3N2O3S/c1-27-16(26)13-11-3-2-4-12(11)28-15(13)24-17(18(20,21)22)23-14(25)9-5-7-10(19)8-6-9/h5-8,17,24H,2-4H2,1H3,(H,23,25)/t17-/m0/s1. The number of alkyl halides is 3. The highest BCUT2D eigenvalue weighted by atomic mass is 79.9. The number of thiophene rings is 1. The second kappa shape index (κ2) is 8.79. The molecule has 0 spiro atoms. The fourth-order valence-electron chi connectivity index (χ4n) is 2.97. The molecule has 10 heteroatoms. The number of nitrogens with one attached hydrogen (secondary N) is 2. The van der Waals surface area contributed by atoms with Gasteiger partial charge in [-0.2, -0.15) is 0 Å². The van der Waals surface area contributed by atoms with E-state index in [0.29, 0.717) is 16.1 Å². The molecule has 3 rings (SSSR count). The summed E-state index contributed by atoms with van der Waals surface area (Å²) in [5, 5.41) is 6.23. The number of amides is 1. The number of rotatable bonds is 5. The quantitative estimate of drug-likeness (QED) is 0.314. The highest BCUT2D eigenvalue weighted by molar-refractivity contribution is 9.10. The van der Waals surface area contributed by atoms with Crippen molar-refractivity contribution in [3.05, 3.63) is 50.3 Å². The molecule has 150 valence electrons. The maximum absolute atomic E-state index is 12.6. The second-order valence-electron chi connectivity index (χ2n) is 6.15. The van der Waals surface area contributed by atoms with E-state index in [9.17, 15) is 9.59 Å². The van der Waals surface area contributed by atoms with Crippen molar-refractivity contribution in [2.45, 2.75) is 29.2 Å². The number of esters is 1. The number of carbonyl (C=O) groups is 2. The number of ether oxygens (including phenoxy) is 1. The number of hydrogen-bond acceptors (Lipinski definition) is 5. The molecule has 1 aromatic carbocycles. The van der Waals surface area contributed by atoms with Gasteiger partial charge in [-0.05, 0) is 49.1 Å². The Kier molecular flexibility index (Phi) is 6.82. The largest absolute Gasteiger partial charge is 0.465 e. The van der Waals surface area contributed by atoms with Gasteiger partial charge in [0, 0.05) is 14.9 Å². The van der Waals surface area contributed by atoms with Gasteiger partial charge in [0.05, 0.1) is 12.7 Å². The van der Waals surface area contributed by atoms with Crippen molar-refractivity contribution in [3.8, 4) is 0 Å². The van der Waals surface area contributed by atoms with Crippen molar-refractivity contribution in [1.82, 2.24) is 5.32 Å². The Hall–Kier alpha value is -0.990. The summed E-state index contributed by atoms with van der Waals surface area (Å²) in [6.07, 6.45) is 1.60. The molecular formula is C18H16BrCl3N2O3S. The molecule has 1 aliphatic carbocycles. The van der Waals surface area contributed by atoms with Crippen LogP contribution in [0.15, 0.2) is 28.7 Å². The van der Waals surface area contributed by atoms with E-state index < -0.39 is 21.8 Å². The molecule has 0 unspecified atom stereocenters. The van der Waals surface area contributed by atoms with Gasteiger partial charge in [-0.15, -0.1) is 11.3 Å². The lowest BCUT2D eigenvalue weighted by Crippen LogP contribution is -2.49. The Bertz CT molecular complexity index is 897. The SMILES string of the molecule is COC(=O)c1c(N[C@H](NC(=O)c2ccc(Br)cc2)C(Cl)(Cl)Cl)sc2c1CCC2. The zero-order valence-corrected chi connectivity index (χ0v) is 19.3. The summed E-state index contributed by atoms with van der Waals surface area (Å²) in [4.78, 5) is 26.0. The van der Waals surface area contributed by atoms with E-state index in [1.165, 1.54) is 18.4 Å². The third kappa shape index (κ3) is 4.76. The van der Waals surface area contributed by atoms with Gasteiger partial charge in [0.2, 0.25) is 3.79 Å². The van der Waals surface area contributed by atoms with E-state index >= 15 is 0 Å². The fourth-order valence-corrected chi connectivity index (χ4v) is 4.87. The zero-order chi connectivity index (χ0) is 20.5. The molecule has 1 aromatic heterocycles. The first-order chi connectivity index (χ1) is 13.2. The zero-order valence-electron chi connectivity index (χ0n) is 14.7. The van der Waals surface area contributed by atoms with Crippen LogP contribution in [-0.4, -0.2) is 28.9 Å². The number of fused-ring (bicyclic) bond motifs is 1. The molecule has 1 heterocycles. The Labute approximate surface area is 189 Å². The maximum Gasteiger partial charge on any atom is 0.341 e. The molecule has 0 saturated heterocycles. The molecule has 0 saturated carbocycles. The first-order valence-corrected chi connectivity index (χ1v) is 11.1. The summed E-state index contributed by atoms with van der Waals surface area (Å²) in [5.41, 5.74) is 1.81. The predicted octanol–water partition coefficient (Wildman–Crippen LogP) is 5.32. The summed E-state index contributed by atoms with van der Waals surface area (Å²) >= 11 is 23.0. The van der Waals surface area contributed by atoms with Crippen molar-refractivity contribution >= 4 is 78.9 Å². The number of aryl methyl sites for hydroxylation is 1. The minimum atomic E-state index is -1.85. The van der Waals surface area contributed by atoms with Crippen LogP contribution in [0.2, 0.25) is 0 Å². The van der Waals surface area contributed by atoms with Crippen molar-refractivity contribution in [1.29, 1.82) is 0 Å². The van der Waals surface area contributed by atoms with E-state index in [-0.39, 0.29) is 0 Å². The summed E-state index contributed by atoms with van der Waals surface area (Å²) in [7, 11) is 1.33. The van der Waals surface area contributed by atoms with Crippen molar-refractivity contribution in [2.24, 2.45) is 0 Å². The van der Waals surface area contributed by atoms with Crippen LogP contribution < -0.4 is 10.6 Å². The summed E-state index contributed by atoms with van der Waals surface area (Å²) < 4.78 is 3.92. The van der Waals surface area contributed by atoms with E-state index in [1.54, 1.807) is 24.3 Å². The normalized spacial score (nSPS) is 14.3. The predicted molar refractivity (Wildman–Crippen MR) is 117 cm³/mol. The number of anilines is 1. The lowest BCUT2D eigenvalue weighted by atomic mass is 10.1. The Morgan fingerprint density at radius 2 is 1.89 bits per heavy atom. The minimum Gasteiger partial charge on any atom is -0.465 e. The van der Waals surface area contributed by atoms with Crippen molar-refractivity contribution in [3.63, 3.8) is 0 Å². The molecule has 0 bridgehead atoms. The molecule has 5 nitrogen and oxygen atoms in total. The van der Waals surface area contributed by atoms with Crippen LogP contribution >= 0.6 is 62.1 Å². The van der Waals surface area contributed by atoms with E-state index in [1.807, 2.05) is 0 Å². The van der Waals surface area contributed by atoms with Crippen LogP contribution in [0.1, 0.15) is 37.6 Å². The molecule has 1 amide bonds. The molecule has 0 radical (unpaired) electrons. The van der Waals surface area contributed by atoms with Gasteiger partial charge in [-0.3, -0.25) is 4.79 Å². The highest BCUT2D eigenvalue weighted by Gasteiger charge is 2.37. The summed E-state index contributed by atoms with van der Waals surface area (Å²) in [5.74, 6) is -0.871. The molecule has 0 aliphatic heterocycles. The molecule has 2 N–H and O–H groups in total. The molecule has 0 fully saturated rings. The van der Waals surface area contributed by atoms with Crippen LogP contribution in [0.3, 0.4) is 0 Å². The van der Waals surface area contributed by atoms with Gasteiger partial charge < -0.3 is 15.4 Å². The van der Waals surface area contributed by atoms with Gasteiger partial charge >= 0.3 is 5.97 Å². The Balaban J connectivity index is 1.87. The first-order valence-electron chi connectivity index (χ1n) is 8.33. The minimum absolute atomic E-state index is 0.408. The number of benzene rings is 1. The molecule has 2 aromatic rings. The number of carbonyl (C=O) groups excluding carboxylic acids is 2. The van der Waals surface area contributed by atoms with Crippen molar-refractivity contribution in [2.75, 3.05) is 12.4 Å². The number of hydrogen-bond donors (Lipinski definition) is 2. The molecule has 28 heavy (non-hydrogen) atoms. The van der Waals surface area contributed by atoms with Gasteiger partial charge in [0.15, 0.2) is 0 Å². The highest BCUT2D eigenvalue weighted by Crippen LogP contribution is 2.41. The summed E-state index contributed by atoms with van der Waals surface area (Å²) in [6.45, 7) is 0. The van der Waals surface area contributed by atoms with Crippen LogP contribution in [0, 0.1) is 0 Å². The average molecular weight is 527 g/mol. The van der Waals surface area contributed by atoms with Crippen LogP contribution in [-0.2, 0) is 17.6 Å². The first kappa shape index (κ1) is 21.7. The maximum atomic E-state index is 12.6. The van der Waals surface area contributed by atoms with Gasteiger partial charge in [-0.1, -0.05) is 50.7 Å². The molecule has 1 aliphatic rings. The van der Waals surface area contributed by atoms with Crippen LogP contribution in [0.4, 0.5) is 5.00 Å². The molecular weight excluding hydrogens is 511 g/mol. The van der Waals surface area contributed by atoms with Crippen LogP contribution in [0.5, 0.6) is 0 Å². The van der Waals surface area contributed by atoms with E-state index in [0.717, 1.165) is 34.2 Å². The molecule has 1 atom stereocenters. The second-order valence-corrected chi connectivity index (χ2v) is 10.5. The monoisotopic (exact) mass is 524 g/mol. The van der Waals surface area contributed by atoms with Gasteiger partial charge in [-0.25, -0.2) is 4.79 Å². The smallest absolute Gasteiger partial charge is 0.341 e. The third-order valence-electron chi connectivity index (χ3n) is 4.30. The van der Waals surface area contributed by atoms with Crippen LogP contribution in [0.25, 0.3) is 0 Å². The summed E-state index contributed by atoms with van der Waals surface area (Å²) in [6, 6.07) is 6.78. The van der Waals surface area contributed by atoms with Gasteiger partial charge in [0.25, 0.3) is 5.91 Å². The van der Waals surface area contributed by atoms with Crippen molar-refractivity contribution < 1.29 is 14.3 Å². The number of halogens is 4. The Morgan fingerprint density at radius 3 is 2.50 bits per heavy atom. The lowest BCUT2D eigenvalue weighted by molar-refractivity contribution is 0.0601. The third-order valence-corrected chi connectivity index (χ3v) is 6.70. The van der Waals surface area contributed by atoms with E-state index in [4.69, 9.17) is 39.5 Å². The van der Waals surface area contributed by atoms with E-state index in [2.05, 4.69) is 26.6 Å². The lowest BCUT2D eigenvalue weighted by Gasteiger charge is -2.27. The fraction of sp³-hybridized carbons (Fsp3) is 0.333.